The summed E-state index contributed by atoms with van der Waals surface area (Å²) < 4.78 is 0. The Labute approximate surface area is 94.9 Å². The van der Waals surface area contributed by atoms with Gasteiger partial charge in [-0.25, -0.2) is 9.59 Å². The molecule has 5 nitrogen and oxygen atoms in total. The average molecular weight is 226 g/mol. The molecular weight excluding hydrogens is 208 g/mol. The van der Waals surface area contributed by atoms with E-state index in [-0.39, 0.29) is 5.92 Å². The Morgan fingerprint density at radius 1 is 1.44 bits per heavy atom. The molecule has 0 aromatic carbocycles. The summed E-state index contributed by atoms with van der Waals surface area (Å²) in [6.07, 6.45) is 3.63. The highest BCUT2D eigenvalue weighted by Crippen LogP contribution is 2.32. The minimum atomic E-state index is -0.958. The van der Waals surface area contributed by atoms with Crippen LogP contribution in [0.1, 0.15) is 26.7 Å². The molecular formula is C11H18N2O3. The Kier molecular flexibility index (Phi) is 4.34. The molecule has 1 aliphatic carbocycles. The molecule has 0 aromatic rings. The van der Waals surface area contributed by atoms with Gasteiger partial charge in [0.1, 0.15) is 6.04 Å². The van der Waals surface area contributed by atoms with Crippen molar-refractivity contribution in [3.63, 3.8) is 0 Å². The monoisotopic (exact) mass is 226 g/mol. The Morgan fingerprint density at radius 3 is 2.50 bits per heavy atom. The normalized spacial score (nSPS) is 16.1. The van der Waals surface area contributed by atoms with Crippen LogP contribution in [0.3, 0.4) is 0 Å². The fourth-order valence-electron chi connectivity index (χ4n) is 1.35. The van der Waals surface area contributed by atoms with Gasteiger partial charge in [0, 0.05) is 6.54 Å². The number of rotatable bonds is 5. The highest BCUT2D eigenvalue weighted by molar-refractivity contribution is 5.83. The van der Waals surface area contributed by atoms with Crippen molar-refractivity contribution in [3.05, 3.63) is 11.6 Å². The van der Waals surface area contributed by atoms with Crippen molar-refractivity contribution in [2.75, 3.05) is 6.54 Å². The van der Waals surface area contributed by atoms with E-state index in [4.69, 9.17) is 5.11 Å². The lowest BCUT2D eigenvalue weighted by Gasteiger charge is -2.13. The van der Waals surface area contributed by atoms with Crippen LogP contribution in [0.5, 0.6) is 0 Å². The van der Waals surface area contributed by atoms with Crippen molar-refractivity contribution in [2.45, 2.75) is 32.7 Å². The molecule has 0 bridgehead atoms. The number of carboxylic acid groups (broad SMARTS) is 1. The highest BCUT2D eigenvalue weighted by atomic mass is 16.4. The van der Waals surface area contributed by atoms with Crippen LogP contribution in [-0.2, 0) is 4.79 Å². The first kappa shape index (κ1) is 12.5. The molecule has 3 N–H and O–H groups in total. The zero-order chi connectivity index (χ0) is 12.1. The van der Waals surface area contributed by atoms with Gasteiger partial charge in [-0.3, -0.25) is 0 Å². The Bertz CT molecular complexity index is 304. The number of allylic oxidation sites excluding steroid dienone is 1. The molecule has 1 saturated carbocycles. The number of carbonyl (C=O) groups is 2. The van der Waals surface area contributed by atoms with Gasteiger partial charge in [0.15, 0.2) is 0 Å². The molecule has 0 aliphatic heterocycles. The molecule has 1 aliphatic rings. The van der Waals surface area contributed by atoms with E-state index in [9.17, 15) is 9.59 Å². The molecule has 1 atom stereocenters. The predicted molar refractivity (Wildman–Crippen MR) is 60.1 cm³/mol. The van der Waals surface area contributed by atoms with Gasteiger partial charge in [0.25, 0.3) is 0 Å². The minimum absolute atomic E-state index is 0.103. The molecule has 0 saturated heterocycles. The van der Waals surface area contributed by atoms with Crippen LogP contribution >= 0.6 is 0 Å². The number of carbonyl (C=O) groups excluding carboxylic acids is 1. The SMILES string of the molecule is CC(C)=CCNC(=O)NC(C(=O)O)C1CC1. The lowest BCUT2D eigenvalue weighted by atomic mass is 10.2. The maximum absolute atomic E-state index is 11.4. The topological polar surface area (TPSA) is 78.4 Å². The molecule has 0 heterocycles. The second kappa shape index (κ2) is 5.53. The Balaban J connectivity index is 2.31. The quantitative estimate of drug-likeness (QED) is 0.614. The van der Waals surface area contributed by atoms with Crippen LogP contribution in [-0.4, -0.2) is 29.7 Å². The molecule has 0 spiro atoms. The molecule has 2 amide bonds. The minimum Gasteiger partial charge on any atom is -0.480 e. The lowest BCUT2D eigenvalue weighted by molar-refractivity contribution is -0.139. The summed E-state index contributed by atoms with van der Waals surface area (Å²) in [4.78, 5) is 22.2. The van der Waals surface area contributed by atoms with Gasteiger partial charge >= 0.3 is 12.0 Å². The first-order valence-corrected chi connectivity index (χ1v) is 5.41. The molecule has 1 unspecified atom stereocenters. The number of nitrogens with one attached hydrogen (secondary N) is 2. The van der Waals surface area contributed by atoms with Gasteiger partial charge < -0.3 is 15.7 Å². The van der Waals surface area contributed by atoms with Crippen molar-refractivity contribution >= 4 is 12.0 Å². The van der Waals surface area contributed by atoms with Crippen molar-refractivity contribution in [1.29, 1.82) is 0 Å². The average Bonchev–Trinajstić information content (AvgIpc) is 2.96. The lowest BCUT2D eigenvalue weighted by Crippen LogP contribution is -2.47. The van der Waals surface area contributed by atoms with E-state index in [0.29, 0.717) is 6.54 Å². The van der Waals surface area contributed by atoms with E-state index in [1.807, 2.05) is 19.9 Å². The summed E-state index contributed by atoms with van der Waals surface area (Å²) in [5.74, 6) is -0.855. The van der Waals surface area contributed by atoms with Crippen molar-refractivity contribution in [3.8, 4) is 0 Å². The zero-order valence-corrected chi connectivity index (χ0v) is 9.62. The first-order chi connectivity index (χ1) is 7.50. The summed E-state index contributed by atoms with van der Waals surface area (Å²) in [5, 5.41) is 14.0. The zero-order valence-electron chi connectivity index (χ0n) is 9.62. The third-order valence-electron chi connectivity index (χ3n) is 2.42. The van der Waals surface area contributed by atoms with Crippen LogP contribution < -0.4 is 10.6 Å². The smallest absolute Gasteiger partial charge is 0.326 e. The number of aliphatic carboxylic acids is 1. The Hall–Kier alpha value is -1.52. The van der Waals surface area contributed by atoms with E-state index in [1.54, 1.807) is 0 Å². The largest absolute Gasteiger partial charge is 0.480 e. The summed E-state index contributed by atoms with van der Waals surface area (Å²) in [6.45, 7) is 4.29. The molecule has 0 radical (unpaired) electrons. The van der Waals surface area contributed by atoms with Crippen molar-refractivity contribution < 1.29 is 14.7 Å². The molecule has 5 heteroatoms. The Morgan fingerprint density at radius 2 is 2.06 bits per heavy atom. The van der Waals surface area contributed by atoms with E-state index in [0.717, 1.165) is 18.4 Å². The number of hydrogen-bond acceptors (Lipinski definition) is 2. The fourth-order valence-corrected chi connectivity index (χ4v) is 1.35. The van der Waals surface area contributed by atoms with Gasteiger partial charge in [-0.05, 0) is 32.6 Å². The van der Waals surface area contributed by atoms with Crippen LogP contribution in [0.2, 0.25) is 0 Å². The number of carboxylic acids is 1. The van der Waals surface area contributed by atoms with E-state index < -0.39 is 18.0 Å². The van der Waals surface area contributed by atoms with Gasteiger partial charge in [-0.1, -0.05) is 11.6 Å². The second-order valence-electron chi connectivity index (χ2n) is 4.29. The number of amides is 2. The third-order valence-corrected chi connectivity index (χ3v) is 2.42. The second-order valence-corrected chi connectivity index (χ2v) is 4.29. The van der Waals surface area contributed by atoms with Gasteiger partial charge in [0.05, 0.1) is 0 Å². The maximum atomic E-state index is 11.4. The van der Waals surface area contributed by atoms with Crippen molar-refractivity contribution in [1.82, 2.24) is 10.6 Å². The molecule has 1 rings (SSSR count). The summed E-state index contributed by atoms with van der Waals surface area (Å²) in [5.41, 5.74) is 1.11. The van der Waals surface area contributed by atoms with Crippen molar-refractivity contribution in [2.24, 2.45) is 5.92 Å². The van der Waals surface area contributed by atoms with Gasteiger partial charge in [-0.15, -0.1) is 0 Å². The number of urea groups is 1. The first-order valence-electron chi connectivity index (χ1n) is 5.41. The highest BCUT2D eigenvalue weighted by Gasteiger charge is 2.37. The van der Waals surface area contributed by atoms with Crippen LogP contribution in [0.4, 0.5) is 4.79 Å². The van der Waals surface area contributed by atoms with E-state index in [1.165, 1.54) is 0 Å². The third kappa shape index (κ3) is 4.33. The van der Waals surface area contributed by atoms with E-state index in [2.05, 4.69) is 10.6 Å². The van der Waals surface area contributed by atoms with Crippen LogP contribution in [0, 0.1) is 5.92 Å². The van der Waals surface area contributed by atoms with Crippen LogP contribution in [0.25, 0.3) is 0 Å². The predicted octanol–water partition coefficient (Wildman–Crippen LogP) is 1.11. The molecule has 16 heavy (non-hydrogen) atoms. The standard InChI is InChI=1S/C11H18N2O3/c1-7(2)5-6-12-11(16)13-9(10(14)15)8-3-4-8/h5,8-9H,3-4,6H2,1-2H3,(H,14,15)(H2,12,13,16). The summed E-state index contributed by atoms with van der Waals surface area (Å²) in [7, 11) is 0. The fraction of sp³-hybridized carbons (Fsp3) is 0.636. The van der Waals surface area contributed by atoms with Crippen LogP contribution in [0.15, 0.2) is 11.6 Å². The maximum Gasteiger partial charge on any atom is 0.326 e. The number of hydrogen-bond donors (Lipinski definition) is 3. The van der Waals surface area contributed by atoms with Gasteiger partial charge in [0.2, 0.25) is 0 Å². The van der Waals surface area contributed by atoms with E-state index >= 15 is 0 Å². The molecule has 90 valence electrons. The summed E-state index contributed by atoms with van der Waals surface area (Å²) in [6, 6.07) is -1.16. The molecule has 0 aromatic heterocycles. The molecule has 1 fully saturated rings. The van der Waals surface area contributed by atoms with Gasteiger partial charge in [-0.2, -0.15) is 0 Å². The summed E-state index contributed by atoms with van der Waals surface area (Å²) >= 11 is 0.